The van der Waals surface area contributed by atoms with Crippen LogP contribution in [0, 0.1) is 11.6 Å². The third kappa shape index (κ3) is 2.61. The molecule has 0 unspecified atom stereocenters. The molecule has 1 aliphatic rings. The van der Waals surface area contributed by atoms with E-state index in [-0.39, 0.29) is 5.75 Å². The van der Waals surface area contributed by atoms with Crippen molar-refractivity contribution in [2.24, 2.45) is 5.10 Å². The van der Waals surface area contributed by atoms with Gasteiger partial charge in [0.05, 0.1) is 5.71 Å². The molecule has 1 N–H and O–H groups in total. The molecule has 1 aliphatic heterocycles. The van der Waals surface area contributed by atoms with E-state index in [2.05, 4.69) is 10.5 Å². The summed E-state index contributed by atoms with van der Waals surface area (Å²) >= 11 is 0. The van der Waals surface area contributed by atoms with Crippen molar-refractivity contribution >= 4 is 5.71 Å². The molecular formula is C15H12F2N2O. The molecule has 0 aromatic heterocycles. The van der Waals surface area contributed by atoms with E-state index in [0.717, 1.165) is 36.4 Å². The highest BCUT2D eigenvalue weighted by Gasteiger charge is 2.10. The fourth-order valence-electron chi connectivity index (χ4n) is 1.99. The molecule has 20 heavy (non-hydrogen) atoms. The molecule has 0 fully saturated rings. The van der Waals surface area contributed by atoms with E-state index in [1.807, 2.05) is 12.1 Å². The van der Waals surface area contributed by atoms with Crippen molar-refractivity contribution in [3.8, 4) is 11.5 Å². The van der Waals surface area contributed by atoms with Crippen LogP contribution in [0.15, 0.2) is 47.6 Å². The molecule has 0 aliphatic carbocycles. The molecule has 3 rings (SSSR count). The van der Waals surface area contributed by atoms with Gasteiger partial charge in [-0.15, -0.1) is 0 Å². The van der Waals surface area contributed by atoms with Crippen LogP contribution in [0.1, 0.15) is 12.0 Å². The van der Waals surface area contributed by atoms with Gasteiger partial charge in [0.2, 0.25) is 0 Å². The van der Waals surface area contributed by atoms with Gasteiger partial charge in [-0.3, -0.25) is 0 Å². The molecule has 0 amide bonds. The number of hydrogen-bond donors (Lipinski definition) is 1. The third-order valence-corrected chi connectivity index (χ3v) is 3.00. The lowest BCUT2D eigenvalue weighted by atomic mass is 10.1. The molecular weight excluding hydrogens is 262 g/mol. The van der Waals surface area contributed by atoms with Gasteiger partial charge in [0.1, 0.15) is 11.6 Å². The predicted octanol–water partition coefficient (Wildman–Crippen LogP) is 3.45. The first kappa shape index (κ1) is 12.6. The largest absolute Gasteiger partial charge is 0.454 e. The average Bonchev–Trinajstić information content (AvgIpc) is 2.97. The fraction of sp³-hybridized carbons (Fsp3) is 0.133. The van der Waals surface area contributed by atoms with Gasteiger partial charge in [-0.05, 0) is 42.0 Å². The quantitative estimate of drug-likeness (QED) is 0.930. The topological polar surface area (TPSA) is 33.6 Å². The summed E-state index contributed by atoms with van der Waals surface area (Å²) in [6, 6.07) is 10.4. The third-order valence-electron chi connectivity index (χ3n) is 3.00. The van der Waals surface area contributed by atoms with Crippen LogP contribution in [-0.2, 0) is 0 Å². The van der Waals surface area contributed by atoms with Crippen molar-refractivity contribution in [3.05, 3.63) is 59.7 Å². The van der Waals surface area contributed by atoms with Crippen LogP contribution in [0.3, 0.4) is 0 Å². The predicted molar refractivity (Wildman–Crippen MR) is 72.0 cm³/mol. The first-order chi connectivity index (χ1) is 9.72. The Hall–Kier alpha value is -2.43. The molecule has 0 atom stereocenters. The second kappa shape index (κ2) is 5.28. The van der Waals surface area contributed by atoms with E-state index in [0.29, 0.717) is 5.75 Å². The van der Waals surface area contributed by atoms with E-state index in [9.17, 15) is 8.78 Å². The number of nitrogens with zero attached hydrogens (tertiary/aromatic N) is 1. The molecule has 102 valence electrons. The summed E-state index contributed by atoms with van der Waals surface area (Å²) in [5, 5.41) is 4.17. The Morgan fingerprint density at radius 1 is 1.05 bits per heavy atom. The summed E-state index contributed by atoms with van der Waals surface area (Å²) in [6.07, 6.45) is 0.882. The minimum Gasteiger partial charge on any atom is -0.454 e. The van der Waals surface area contributed by atoms with Gasteiger partial charge in [0.25, 0.3) is 0 Å². The molecule has 0 bridgehead atoms. The highest BCUT2D eigenvalue weighted by molar-refractivity contribution is 6.01. The summed E-state index contributed by atoms with van der Waals surface area (Å²) in [5.74, 6) is -0.861. The Balaban J connectivity index is 1.78. The maximum Gasteiger partial charge on any atom is 0.168 e. The van der Waals surface area contributed by atoms with Crippen LogP contribution >= 0.6 is 0 Å². The molecule has 3 nitrogen and oxygen atoms in total. The monoisotopic (exact) mass is 274 g/mol. The smallest absolute Gasteiger partial charge is 0.168 e. The van der Waals surface area contributed by atoms with E-state index < -0.39 is 11.6 Å². The molecule has 0 spiro atoms. The van der Waals surface area contributed by atoms with Gasteiger partial charge in [-0.25, -0.2) is 8.78 Å². The van der Waals surface area contributed by atoms with Crippen LogP contribution in [0.2, 0.25) is 0 Å². The van der Waals surface area contributed by atoms with E-state index in [4.69, 9.17) is 4.74 Å². The highest BCUT2D eigenvalue weighted by Crippen LogP contribution is 2.25. The van der Waals surface area contributed by atoms with E-state index in [1.165, 1.54) is 6.07 Å². The van der Waals surface area contributed by atoms with Crippen LogP contribution < -0.4 is 10.2 Å². The maximum absolute atomic E-state index is 13.5. The summed E-state index contributed by atoms with van der Waals surface area (Å²) in [7, 11) is 0. The molecule has 0 radical (unpaired) electrons. The second-order valence-electron chi connectivity index (χ2n) is 4.42. The zero-order valence-corrected chi connectivity index (χ0v) is 10.6. The number of ether oxygens (including phenoxy) is 1. The van der Waals surface area contributed by atoms with Crippen LogP contribution in [0.25, 0.3) is 0 Å². The van der Waals surface area contributed by atoms with E-state index in [1.54, 1.807) is 12.1 Å². The molecule has 2 aromatic carbocycles. The number of hydrogen-bond acceptors (Lipinski definition) is 3. The Kier molecular flexibility index (Phi) is 3.33. The van der Waals surface area contributed by atoms with E-state index >= 15 is 0 Å². The lowest BCUT2D eigenvalue weighted by molar-refractivity contribution is 0.437. The molecule has 0 saturated heterocycles. The zero-order chi connectivity index (χ0) is 13.9. The summed E-state index contributed by atoms with van der Waals surface area (Å²) in [6.45, 7) is 0.842. The molecule has 1 heterocycles. The lowest BCUT2D eigenvalue weighted by Crippen LogP contribution is -1.98. The highest BCUT2D eigenvalue weighted by atomic mass is 19.1. The van der Waals surface area contributed by atoms with Crippen molar-refractivity contribution < 1.29 is 13.5 Å². The van der Waals surface area contributed by atoms with Crippen LogP contribution in [0.4, 0.5) is 8.78 Å². The van der Waals surface area contributed by atoms with Gasteiger partial charge in [-0.2, -0.15) is 5.10 Å². The van der Waals surface area contributed by atoms with Crippen molar-refractivity contribution in [1.82, 2.24) is 5.43 Å². The van der Waals surface area contributed by atoms with Crippen LogP contribution in [0.5, 0.6) is 11.5 Å². The number of hydrazone groups is 1. The van der Waals surface area contributed by atoms with Gasteiger partial charge in [0, 0.05) is 19.0 Å². The second-order valence-corrected chi connectivity index (χ2v) is 4.42. The van der Waals surface area contributed by atoms with Gasteiger partial charge < -0.3 is 10.2 Å². The number of halogens is 2. The molecule has 2 aromatic rings. The normalized spacial score (nSPS) is 13.8. The number of nitrogens with one attached hydrogen (secondary N) is 1. The summed E-state index contributed by atoms with van der Waals surface area (Å²) in [4.78, 5) is 0. The lowest BCUT2D eigenvalue weighted by Gasteiger charge is -2.07. The first-order valence-electron chi connectivity index (χ1n) is 6.25. The minimum absolute atomic E-state index is 0.000904. The van der Waals surface area contributed by atoms with Gasteiger partial charge in [-0.1, -0.05) is 0 Å². The van der Waals surface area contributed by atoms with Crippen molar-refractivity contribution in [1.29, 1.82) is 0 Å². The SMILES string of the molecule is Fc1ccc(Oc2ccc(C3=NNCC3)cc2)c(F)c1. The maximum atomic E-state index is 13.5. The zero-order valence-electron chi connectivity index (χ0n) is 10.6. The van der Waals surface area contributed by atoms with Gasteiger partial charge >= 0.3 is 0 Å². The Labute approximate surface area is 114 Å². The standard InChI is InChI=1S/C15H12F2N2O/c16-11-3-6-15(13(17)9-11)20-12-4-1-10(2-5-12)14-7-8-18-19-14/h1-6,9,18H,7-8H2. The fourth-order valence-corrected chi connectivity index (χ4v) is 1.99. The Bertz CT molecular complexity index is 653. The van der Waals surface area contributed by atoms with Crippen molar-refractivity contribution in [3.63, 3.8) is 0 Å². The van der Waals surface area contributed by atoms with Gasteiger partial charge in [0.15, 0.2) is 11.6 Å². The molecule has 5 heteroatoms. The number of benzene rings is 2. The molecule has 0 saturated carbocycles. The number of rotatable bonds is 3. The average molecular weight is 274 g/mol. The Morgan fingerprint density at radius 3 is 2.50 bits per heavy atom. The summed E-state index contributed by atoms with van der Waals surface area (Å²) < 4.78 is 31.7. The van der Waals surface area contributed by atoms with Crippen LogP contribution in [-0.4, -0.2) is 12.3 Å². The first-order valence-corrected chi connectivity index (χ1v) is 6.25. The summed E-state index contributed by atoms with van der Waals surface area (Å²) in [5.41, 5.74) is 4.90. The van der Waals surface area contributed by atoms with Crippen molar-refractivity contribution in [2.75, 3.05) is 6.54 Å². The Morgan fingerprint density at radius 2 is 1.85 bits per heavy atom. The minimum atomic E-state index is -0.724. The van der Waals surface area contributed by atoms with Crippen molar-refractivity contribution in [2.45, 2.75) is 6.42 Å².